The van der Waals surface area contributed by atoms with Gasteiger partial charge in [0.2, 0.25) is 5.91 Å². The van der Waals surface area contributed by atoms with Gasteiger partial charge in [0, 0.05) is 12.8 Å². The number of carbonyl (C=O) groups is 2. The molecule has 0 aliphatic rings. The molecule has 1 N–H and O–H groups in total. The molecule has 0 spiro atoms. The van der Waals surface area contributed by atoms with Crippen molar-refractivity contribution in [2.45, 2.75) is 264 Å². The highest BCUT2D eigenvalue weighted by molar-refractivity contribution is 7.45. The summed E-state index contributed by atoms with van der Waals surface area (Å²) in [6.45, 7) is 6.75. The zero-order chi connectivity index (χ0) is 52.2. The third kappa shape index (κ3) is 52.1. The van der Waals surface area contributed by atoms with Crippen LogP contribution in [0.1, 0.15) is 252 Å². The number of allylic oxidation sites excluding steroid dienone is 11. The van der Waals surface area contributed by atoms with E-state index >= 15 is 0 Å². The molecule has 0 saturated heterocycles. The summed E-state index contributed by atoms with van der Waals surface area (Å²) in [7, 11) is 1.14. The molecule has 0 aliphatic heterocycles. The lowest BCUT2D eigenvalue weighted by Crippen LogP contribution is -2.47. The number of phosphoric acid groups is 1. The van der Waals surface area contributed by atoms with Gasteiger partial charge >= 0.3 is 5.97 Å². The fourth-order valence-corrected chi connectivity index (χ4v) is 8.76. The summed E-state index contributed by atoms with van der Waals surface area (Å²) in [5.41, 5.74) is 0. The Morgan fingerprint density at radius 1 is 0.493 bits per heavy atom. The number of carbonyl (C=O) groups excluding carboxylic acids is 2. The molecule has 9 nitrogen and oxygen atoms in total. The number of nitrogens with one attached hydrogen (secondary N) is 1. The minimum Gasteiger partial charge on any atom is -0.756 e. The molecule has 3 unspecified atom stereocenters. The summed E-state index contributed by atoms with van der Waals surface area (Å²) in [6.07, 6.45) is 64.4. The van der Waals surface area contributed by atoms with E-state index in [1.54, 1.807) is 0 Å². The molecule has 0 aliphatic carbocycles. The smallest absolute Gasteiger partial charge is 0.306 e. The zero-order valence-corrected chi connectivity index (χ0v) is 47.8. The highest BCUT2D eigenvalue weighted by Crippen LogP contribution is 2.38. The molecule has 0 radical (unpaired) electrons. The number of likely N-dealkylation sites (N-methyl/N-ethyl adjacent to an activating group) is 1. The van der Waals surface area contributed by atoms with Gasteiger partial charge < -0.3 is 28.5 Å². The fourth-order valence-electron chi connectivity index (χ4n) is 8.04. The molecular formula is C61H111N2O7P. The van der Waals surface area contributed by atoms with Crippen molar-refractivity contribution >= 4 is 19.7 Å². The highest BCUT2D eigenvalue weighted by Gasteiger charge is 2.27. The van der Waals surface area contributed by atoms with Crippen LogP contribution in [0.25, 0.3) is 0 Å². The maximum atomic E-state index is 13.5. The standard InChI is InChI=1S/C61H111N2O7P/c1-7-10-13-16-19-22-25-28-30-31-33-35-38-41-44-47-50-53-60(64)62-58(57-69-71(66,67)68-56-55-63(4,5)6)59(52-49-46-43-40-37-34-27-24-21-18-15-12-9-3)70-61(65)54-51-48-45-42-39-36-32-29-26-23-20-17-14-11-8-2/h19,22-23,26,28,30,33,35,41,44,49,52,58-59H,7-18,20-21,24-25,27,29,31-32,34,36-40,42-43,45-48,50-51,53-57H2,1-6H3,(H-,62,64,66,67)/b22-19-,26-23-,30-28-,35-33-,44-41-,52-49+. The lowest BCUT2D eigenvalue weighted by Gasteiger charge is -2.30. The summed E-state index contributed by atoms with van der Waals surface area (Å²) in [4.78, 5) is 39.9. The van der Waals surface area contributed by atoms with Crippen molar-refractivity contribution in [1.29, 1.82) is 0 Å². The van der Waals surface area contributed by atoms with Crippen LogP contribution in [-0.2, 0) is 27.9 Å². The predicted molar refractivity (Wildman–Crippen MR) is 302 cm³/mol. The van der Waals surface area contributed by atoms with Crippen LogP contribution in [0.3, 0.4) is 0 Å². The van der Waals surface area contributed by atoms with Crippen molar-refractivity contribution in [3.8, 4) is 0 Å². The SMILES string of the molecule is CCCCC/C=C\C/C=C\C/C=C\C/C=C\CCCC(=O)NC(COP(=O)([O-])OCC[N+](C)(C)C)C(/C=C/CCCCCCCCCCCCC)OC(=O)CCCCCCCCC/C=C\CCCCCC. The maximum Gasteiger partial charge on any atom is 0.306 e. The number of phosphoric ester groups is 1. The van der Waals surface area contributed by atoms with Gasteiger partial charge in [0.05, 0.1) is 33.8 Å². The molecule has 3 atom stereocenters. The number of esters is 1. The molecule has 10 heteroatoms. The number of quaternary nitrogens is 1. The fraction of sp³-hybridized carbons (Fsp3) is 0.770. The zero-order valence-electron chi connectivity index (χ0n) is 46.9. The molecule has 0 rings (SSSR count). The van der Waals surface area contributed by atoms with Gasteiger partial charge in [0.1, 0.15) is 19.3 Å². The van der Waals surface area contributed by atoms with Gasteiger partial charge in [-0.3, -0.25) is 14.2 Å². The Labute approximate surface area is 438 Å². The van der Waals surface area contributed by atoms with Crippen LogP contribution in [0.5, 0.6) is 0 Å². The monoisotopic (exact) mass is 1010 g/mol. The molecule has 412 valence electrons. The van der Waals surface area contributed by atoms with Gasteiger partial charge in [-0.05, 0) is 96.0 Å². The molecule has 0 saturated carbocycles. The summed E-state index contributed by atoms with van der Waals surface area (Å²) >= 11 is 0. The van der Waals surface area contributed by atoms with Gasteiger partial charge in [-0.25, -0.2) is 0 Å². The Morgan fingerprint density at radius 3 is 1.37 bits per heavy atom. The largest absolute Gasteiger partial charge is 0.756 e. The number of hydrogen-bond acceptors (Lipinski definition) is 7. The van der Waals surface area contributed by atoms with Crippen molar-refractivity contribution in [3.63, 3.8) is 0 Å². The third-order valence-corrected chi connectivity index (χ3v) is 13.6. The molecule has 0 fully saturated rings. The van der Waals surface area contributed by atoms with E-state index in [9.17, 15) is 19.0 Å². The third-order valence-electron chi connectivity index (χ3n) is 12.6. The van der Waals surface area contributed by atoms with Gasteiger partial charge in [-0.1, -0.05) is 216 Å². The van der Waals surface area contributed by atoms with Crippen LogP contribution >= 0.6 is 7.82 Å². The minimum atomic E-state index is -4.71. The van der Waals surface area contributed by atoms with Crippen LogP contribution in [0, 0.1) is 0 Å². The first-order chi connectivity index (χ1) is 34.4. The summed E-state index contributed by atoms with van der Waals surface area (Å²) < 4.78 is 30.2. The molecule has 0 bridgehead atoms. The summed E-state index contributed by atoms with van der Waals surface area (Å²) in [5.74, 6) is -0.612. The maximum absolute atomic E-state index is 13.5. The van der Waals surface area contributed by atoms with E-state index in [-0.39, 0.29) is 31.3 Å². The van der Waals surface area contributed by atoms with Crippen molar-refractivity contribution in [2.24, 2.45) is 0 Å². The van der Waals surface area contributed by atoms with E-state index < -0.39 is 26.6 Å². The molecule has 1 amide bonds. The first-order valence-corrected chi connectivity index (χ1v) is 30.7. The second kappa shape index (κ2) is 51.0. The van der Waals surface area contributed by atoms with Crippen LogP contribution in [0.4, 0.5) is 0 Å². The van der Waals surface area contributed by atoms with Crippen molar-refractivity contribution in [2.75, 3.05) is 40.9 Å². The number of unbranched alkanes of at least 4 members (excludes halogenated alkanes) is 26. The molecule has 71 heavy (non-hydrogen) atoms. The quantitative estimate of drug-likeness (QED) is 0.0212. The van der Waals surface area contributed by atoms with Crippen molar-refractivity contribution in [3.05, 3.63) is 72.9 Å². The first-order valence-electron chi connectivity index (χ1n) is 29.2. The van der Waals surface area contributed by atoms with Gasteiger partial charge in [-0.15, -0.1) is 0 Å². The topological polar surface area (TPSA) is 114 Å². The van der Waals surface area contributed by atoms with E-state index in [1.165, 1.54) is 135 Å². The molecule has 0 aromatic carbocycles. The molecule has 0 aromatic heterocycles. The normalized spacial score (nSPS) is 14.3. The number of nitrogens with zero attached hydrogens (tertiary/aromatic N) is 1. The second-order valence-electron chi connectivity index (χ2n) is 20.8. The Morgan fingerprint density at radius 2 is 0.873 bits per heavy atom. The van der Waals surface area contributed by atoms with Crippen LogP contribution < -0.4 is 10.2 Å². The van der Waals surface area contributed by atoms with Crippen LogP contribution in [0.2, 0.25) is 0 Å². The van der Waals surface area contributed by atoms with Gasteiger partial charge in [-0.2, -0.15) is 0 Å². The molecular weight excluding hydrogens is 904 g/mol. The lowest BCUT2D eigenvalue weighted by atomic mass is 10.0. The van der Waals surface area contributed by atoms with Gasteiger partial charge in [0.25, 0.3) is 7.82 Å². The Hall–Kier alpha value is -2.55. The predicted octanol–water partition coefficient (Wildman–Crippen LogP) is 17.0. The van der Waals surface area contributed by atoms with E-state index in [4.69, 9.17) is 13.8 Å². The number of hydrogen-bond donors (Lipinski definition) is 1. The van der Waals surface area contributed by atoms with Crippen molar-refractivity contribution < 1.29 is 37.3 Å². The summed E-state index contributed by atoms with van der Waals surface area (Å²) in [6, 6.07) is -0.920. The van der Waals surface area contributed by atoms with E-state index in [2.05, 4.69) is 86.8 Å². The van der Waals surface area contributed by atoms with Crippen molar-refractivity contribution in [1.82, 2.24) is 5.32 Å². The molecule has 0 aromatic rings. The molecule has 0 heterocycles. The minimum absolute atomic E-state index is 0.0351. The second-order valence-corrected chi connectivity index (χ2v) is 22.2. The van der Waals surface area contributed by atoms with E-state index in [0.717, 1.165) is 77.0 Å². The number of ether oxygens (including phenoxy) is 1. The Bertz CT molecular complexity index is 1450. The first kappa shape index (κ1) is 68.5. The van der Waals surface area contributed by atoms with E-state index in [0.29, 0.717) is 17.4 Å². The van der Waals surface area contributed by atoms with Gasteiger partial charge in [0.15, 0.2) is 0 Å². The van der Waals surface area contributed by atoms with Crippen LogP contribution in [0.15, 0.2) is 72.9 Å². The Kier molecular flexibility index (Phi) is 49.1. The van der Waals surface area contributed by atoms with E-state index in [1.807, 2.05) is 33.3 Å². The number of rotatable bonds is 52. The average Bonchev–Trinajstić information content (AvgIpc) is 3.33. The lowest BCUT2D eigenvalue weighted by molar-refractivity contribution is -0.870. The highest BCUT2D eigenvalue weighted by atomic mass is 31.2. The number of amides is 1. The Balaban J connectivity index is 5.46. The average molecular weight is 1020 g/mol. The van der Waals surface area contributed by atoms with Crippen LogP contribution in [-0.4, -0.2) is 69.4 Å². The summed E-state index contributed by atoms with van der Waals surface area (Å²) in [5, 5.41) is 2.99.